The Morgan fingerprint density at radius 2 is 1.87 bits per heavy atom. The van der Waals surface area contributed by atoms with Crippen LogP contribution >= 0.6 is 0 Å². The smallest absolute Gasteiger partial charge is 0.121 e. The lowest BCUT2D eigenvalue weighted by Gasteiger charge is -2.14. The van der Waals surface area contributed by atoms with E-state index in [-0.39, 0.29) is 31.8 Å². The maximum absolute atomic E-state index is 10.8. The predicted octanol–water partition coefficient (Wildman–Crippen LogP) is 4.11. The van der Waals surface area contributed by atoms with Crippen molar-refractivity contribution in [2.75, 3.05) is 26.2 Å². The molecule has 0 aromatic heterocycles. The first-order valence-corrected chi connectivity index (χ1v) is 8.94. The van der Waals surface area contributed by atoms with Gasteiger partial charge in [-0.2, -0.15) is 0 Å². The fraction of sp³-hybridized carbons (Fsp3) is 0.520. The molecule has 2 rings (SSSR count). The van der Waals surface area contributed by atoms with Crippen molar-refractivity contribution in [2.45, 2.75) is 57.4 Å². The molecule has 0 saturated carbocycles. The summed E-state index contributed by atoms with van der Waals surface area (Å²) in [6.45, 7) is -13.9. The average molecular weight is 437 g/mol. The minimum atomic E-state index is -3.95. The molecule has 5 heteroatoms. The standard InChI is InChI=1S/C25H37NO4/c27-20-23-18-22(13-14-24(23)28)25(29)19-26-15-7-1-2-8-16-30-17-9-6-12-21-10-4-3-5-11-21/h3-5,10-11,13-14,18,25-29H,1-2,6-9,12,15-17,19-20H2/i3D,6D2,9D2,10D,11D,12D2,13D,14D,16D2,17D2,18D,19D2,20D2,25D. The Hall–Kier alpha value is -1.92. The summed E-state index contributed by atoms with van der Waals surface area (Å²) in [5, 5.41) is 32.7. The molecule has 1 atom stereocenters. The van der Waals surface area contributed by atoms with E-state index in [1.807, 2.05) is 0 Å². The Bertz CT molecular complexity index is 1570. The van der Waals surface area contributed by atoms with Crippen LogP contribution in [-0.2, 0) is 17.7 Å². The minimum absolute atomic E-state index is 0.0184. The monoisotopic (exact) mass is 436 g/mol. The molecule has 2 aromatic rings. The van der Waals surface area contributed by atoms with Crippen LogP contribution in [0.25, 0.3) is 0 Å². The number of ether oxygens (including phenoxy) is 1. The second-order valence-corrected chi connectivity index (χ2v) is 5.64. The van der Waals surface area contributed by atoms with E-state index in [4.69, 9.17) is 33.5 Å². The van der Waals surface area contributed by atoms with Gasteiger partial charge in [-0.25, -0.2) is 0 Å². The number of hydrogen-bond acceptors (Lipinski definition) is 5. The zero-order chi connectivity index (χ0) is 40.1. The highest BCUT2D eigenvalue weighted by molar-refractivity contribution is 5.36. The molecule has 0 aliphatic rings. The third-order valence-corrected chi connectivity index (χ3v) is 3.45. The molecule has 0 bridgehead atoms. The van der Waals surface area contributed by atoms with Gasteiger partial charge in [0.2, 0.25) is 0 Å². The number of phenols is 1. The van der Waals surface area contributed by atoms with Crippen molar-refractivity contribution in [1.29, 1.82) is 0 Å². The summed E-state index contributed by atoms with van der Waals surface area (Å²) >= 11 is 0. The van der Waals surface area contributed by atoms with Crippen LogP contribution in [0.2, 0.25) is 0 Å². The van der Waals surface area contributed by atoms with Crippen LogP contribution in [0.3, 0.4) is 0 Å². The van der Waals surface area contributed by atoms with Crippen LogP contribution in [0.5, 0.6) is 5.75 Å². The molecule has 5 nitrogen and oxygen atoms in total. The Morgan fingerprint density at radius 1 is 1.07 bits per heavy atom. The van der Waals surface area contributed by atoms with Gasteiger partial charge in [0.15, 0.2) is 0 Å². The van der Waals surface area contributed by atoms with E-state index in [9.17, 15) is 15.3 Å². The lowest BCUT2D eigenvalue weighted by Crippen LogP contribution is -2.22. The summed E-state index contributed by atoms with van der Waals surface area (Å²) in [5.74, 6) is -1.32. The minimum Gasteiger partial charge on any atom is -0.508 e. The molecule has 166 valence electrons. The Morgan fingerprint density at radius 3 is 2.67 bits per heavy atom. The zero-order valence-electron chi connectivity index (χ0n) is 36.9. The summed E-state index contributed by atoms with van der Waals surface area (Å²) in [5.41, 5.74) is -3.47. The van der Waals surface area contributed by atoms with Gasteiger partial charge in [-0.15, -0.1) is 0 Å². The molecule has 0 spiro atoms. The maximum Gasteiger partial charge on any atom is 0.121 e. The van der Waals surface area contributed by atoms with Gasteiger partial charge in [0.25, 0.3) is 0 Å². The number of aromatic hydroxyl groups is 1. The van der Waals surface area contributed by atoms with Gasteiger partial charge < -0.3 is 25.4 Å². The molecule has 4 N–H and O–H groups in total. The van der Waals surface area contributed by atoms with Gasteiger partial charge in [0.1, 0.15) is 5.75 Å². The molecule has 0 amide bonds. The molecular weight excluding hydrogens is 378 g/mol. The zero-order valence-corrected chi connectivity index (χ0v) is 15.9. The van der Waals surface area contributed by atoms with Crippen molar-refractivity contribution >= 4 is 0 Å². The van der Waals surface area contributed by atoms with E-state index >= 15 is 0 Å². The Labute approximate surface area is 210 Å². The highest BCUT2D eigenvalue weighted by Gasteiger charge is 2.09. The molecular formula is C25H37NO4. The lowest BCUT2D eigenvalue weighted by molar-refractivity contribution is 0.126. The number of hydrogen-bond donors (Lipinski definition) is 4. The van der Waals surface area contributed by atoms with E-state index in [2.05, 4.69) is 5.32 Å². The highest BCUT2D eigenvalue weighted by Crippen LogP contribution is 2.22. The molecule has 2 aromatic carbocycles. The highest BCUT2D eigenvalue weighted by atomic mass is 16.5. The van der Waals surface area contributed by atoms with Crippen molar-refractivity contribution in [2.24, 2.45) is 0 Å². The van der Waals surface area contributed by atoms with Crippen LogP contribution in [-0.4, -0.2) is 41.5 Å². The number of unbranched alkanes of at least 4 members (excludes halogenated alkanes) is 2. The van der Waals surface area contributed by atoms with Gasteiger partial charge in [0.05, 0.1) is 30.5 Å². The van der Waals surface area contributed by atoms with Gasteiger partial charge in [-0.05, 0) is 61.7 Å². The first kappa shape index (κ1) is 8.21. The van der Waals surface area contributed by atoms with Crippen molar-refractivity contribution in [3.63, 3.8) is 0 Å². The van der Waals surface area contributed by atoms with Crippen molar-refractivity contribution in [1.82, 2.24) is 5.32 Å². The fourth-order valence-electron chi connectivity index (χ4n) is 2.01. The molecule has 0 aliphatic heterocycles. The normalized spacial score (nSPS) is 26.8. The quantitative estimate of drug-likeness (QED) is 0.298. The molecule has 0 heterocycles. The number of benzene rings is 2. The van der Waals surface area contributed by atoms with Crippen molar-refractivity contribution in [3.8, 4) is 5.75 Å². The van der Waals surface area contributed by atoms with Crippen molar-refractivity contribution < 1.29 is 48.8 Å². The van der Waals surface area contributed by atoms with E-state index < -0.39 is 110 Å². The summed E-state index contributed by atoms with van der Waals surface area (Å²) in [7, 11) is 0. The van der Waals surface area contributed by atoms with Crippen LogP contribution in [0, 0.1) is 0 Å². The van der Waals surface area contributed by atoms with E-state index in [0.717, 1.165) is 12.1 Å². The molecule has 30 heavy (non-hydrogen) atoms. The molecule has 0 saturated heterocycles. The molecule has 0 fully saturated rings. The molecule has 1 unspecified atom stereocenters. The van der Waals surface area contributed by atoms with Crippen LogP contribution < -0.4 is 5.32 Å². The van der Waals surface area contributed by atoms with Gasteiger partial charge >= 0.3 is 0 Å². The first-order chi connectivity index (χ1) is 22.6. The first-order valence-electron chi connectivity index (χ1n) is 19.4. The lowest BCUT2D eigenvalue weighted by atomic mass is 10.1. The number of nitrogens with one attached hydrogen (secondary N) is 1. The molecule has 0 aliphatic carbocycles. The summed E-state index contributed by atoms with van der Waals surface area (Å²) in [4.78, 5) is 0. The SMILES string of the molecule is [2H]c1cc([2H])c(C([2H])([2H])C([2H])([2H])C([2H])([2H])C([2H])([2H])OC([2H])([2H])CCCCCNC([2H])([2H])C([2H])(O)c2c([2H])c([2H])c(O)c(C([2H])([2H])O)c2[2H])c([2H])c1. The van der Waals surface area contributed by atoms with E-state index in [0.29, 0.717) is 0 Å². The Balaban J connectivity index is 2.13. The summed E-state index contributed by atoms with van der Waals surface area (Å²) < 4.78 is 173. The number of aliphatic hydroxyl groups is 2. The Kier molecular flexibility index (Phi) is 4.10. The molecule has 0 radical (unpaired) electrons. The average Bonchev–Trinajstić information content (AvgIpc) is 2.91. The number of rotatable bonds is 16. The van der Waals surface area contributed by atoms with Gasteiger partial charge in [-0.1, -0.05) is 49.1 Å². The van der Waals surface area contributed by atoms with Crippen LogP contribution in [0.1, 0.15) is 90.0 Å². The van der Waals surface area contributed by atoms with E-state index in [1.54, 1.807) is 0 Å². The fourth-order valence-corrected chi connectivity index (χ4v) is 2.01. The van der Waals surface area contributed by atoms with Gasteiger partial charge in [-0.3, -0.25) is 0 Å². The summed E-state index contributed by atoms with van der Waals surface area (Å²) in [6, 6.07) is -4.10. The van der Waals surface area contributed by atoms with Crippen LogP contribution in [0.15, 0.2) is 48.4 Å². The van der Waals surface area contributed by atoms with E-state index in [1.165, 1.54) is 0 Å². The third kappa shape index (κ3) is 9.72. The second kappa shape index (κ2) is 15.0. The third-order valence-electron chi connectivity index (χ3n) is 3.45. The predicted molar refractivity (Wildman–Crippen MR) is 121 cm³/mol. The largest absolute Gasteiger partial charge is 0.508 e. The summed E-state index contributed by atoms with van der Waals surface area (Å²) in [6.07, 6.45) is -15.7. The topological polar surface area (TPSA) is 82.0 Å². The van der Waals surface area contributed by atoms with Gasteiger partial charge in [0, 0.05) is 36.1 Å². The van der Waals surface area contributed by atoms with Crippen molar-refractivity contribution in [3.05, 3.63) is 65.1 Å². The van der Waals surface area contributed by atoms with Crippen LogP contribution in [0.4, 0.5) is 0 Å². The second-order valence-electron chi connectivity index (χ2n) is 5.64. The maximum atomic E-state index is 10.8.